The Kier molecular flexibility index (Phi) is 3.61. The number of benzene rings is 1. The van der Waals surface area contributed by atoms with Gasteiger partial charge in [-0.3, -0.25) is 0 Å². The number of hydrogen-bond donors (Lipinski definition) is 0. The average Bonchev–Trinajstić information content (AvgIpc) is 3.17. The van der Waals surface area contributed by atoms with E-state index < -0.39 is 17.7 Å². The van der Waals surface area contributed by atoms with Crippen LogP contribution in [0.1, 0.15) is 40.6 Å². The van der Waals surface area contributed by atoms with E-state index in [4.69, 9.17) is 9.15 Å². The van der Waals surface area contributed by atoms with Gasteiger partial charge in [0.1, 0.15) is 5.76 Å². The van der Waals surface area contributed by atoms with E-state index in [9.17, 15) is 18.0 Å². The zero-order valence-electron chi connectivity index (χ0n) is 13.0. The molecular weight excluding hydrogens is 355 g/mol. The summed E-state index contributed by atoms with van der Waals surface area (Å²) in [5, 5.41) is 0.666. The summed E-state index contributed by atoms with van der Waals surface area (Å²) in [7, 11) is 1.27. The summed E-state index contributed by atoms with van der Waals surface area (Å²) in [6.07, 6.45) is -2.56. The number of nitrogens with zero attached hydrogens (tertiary/aromatic N) is 1. The van der Waals surface area contributed by atoms with E-state index in [1.165, 1.54) is 13.2 Å². The van der Waals surface area contributed by atoms with Gasteiger partial charge >= 0.3 is 12.1 Å². The highest BCUT2D eigenvalue weighted by Gasteiger charge is 2.35. The van der Waals surface area contributed by atoms with Crippen LogP contribution in [0.5, 0.6) is 0 Å². The van der Waals surface area contributed by atoms with Crippen molar-refractivity contribution in [2.45, 2.75) is 24.9 Å². The van der Waals surface area contributed by atoms with E-state index in [1.54, 1.807) is 6.07 Å². The van der Waals surface area contributed by atoms with Crippen molar-refractivity contribution in [1.29, 1.82) is 0 Å². The van der Waals surface area contributed by atoms with Crippen LogP contribution in [0.25, 0.3) is 20.9 Å². The lowest BCUT2D eigenvalue weighted by Gasteiger charge is -2.05. The molecule has 0 bridgehead atoms. The van der Waals surface area contributed by atoms with Gasteiger partial charge in [0.15, 0.2) is 5.69 Å². The number of ether oxygens (including phenoxy) is 1. The Hall–Kier alpha value is -2.35. The molecule has 0 radical (unpaired) electrons. The van der Waals surface area contributed by atoms with Crippen LogP contribution in [0, 0.1) is 0 Å². The highest BCUT2D eigenvalue weighted by Crippen LogP contribution is 2.44. The largest absolute Gasteiger partial charge is 0.464 e. The van der Waals surface area contributed by atoms with Gasteiger partial charge in [0.25, 0.3) is 0 Å². The van der Waals surface area contributed by atoms with Gasteiger partial charge in [0.2, 0.25) is 5.89 Å². The van der Waals surface area contributed by atoms with E-state index in [0.717, 1.165) is 36.3 Å². The quantitative estimate of drug-likeness (QED) is 0.594. The normalized spacial score (nSPS) is 14.9. The molecule has 25 heavy (non-hydrogen) atoms. The fourth-order valence-electron chi connectivity index (χ4n) is 2.62. The predicted octanol–water partition coefficient (Wildman–Crippen LogP) is 5.24. The van der Waals surface area contributed by atoms with Crippen molar-refractivity contribution in [2.24, 2.45) is 0 Å². The van der Waals surface area contributed by atoms with Crippen LogP contribution in [0.4, 0.5) is 13.2 Å². The van der Waals surface area contributed by atoms with Crippen molar-refractivity contribution >= 4 is 27.4 Å². The summed E-state index contributed by atoms with van der Waals surface area (Å²) in [4.78, 5) is 16.7. The lowest BCUT2D eigenvalue weighted by molar-refractivity contribution is -0.137. The van der Waals surface area contributed by atoms with Gasteiger partial charge in [-0.2, -0.15) is 13.2 Å². The summed E-state index contributed by atoms with van der Waals surface area (Å²) < 4.78 is 49.5. The number of aromatic nitrogens is 1. The molecule has 0 atom stereocenters. The number of rotatable bonds is 3. The Morgan fingerprint density at radius 3 is 2.72 bits per heavy atom. The first-order chi connectivity index (χ1) is 11.9. The Morgan fingerprint density at radius 1 is 1.32 bits per heavy atom. The molecule has 0 spiro atoms. The number of carbonyl (C=O) groups is 1. The maximum Gasteiger partial charge on any atom is 0.416 e. The Bertz CT molecular complexity index is 969. The van der Waals surface area contributed by atoms with Crippen LogP contribution in [-0.2, 0) is 10.9 Å². The minimum absolute atomic E-state index is 0.147. The molecule has 0 saturated heterocycles. The number of methoxy groups -OCH3 is 1. The van der Waals surface area contributed by atoms with E-state index in [2.05, 4.69) is 4.98 Å². The van der Waals surface area contributed by atoms with E-state index in [1.807, 2.05) is 0 Å². The number of oxazole rings is 1. The molecule has 0 N–H and O–H groups in total. The second-order valence-electron chi connectivity index (χ2n) is 5.86. The van der Waals surface area contributed by atoms with Crippen LogP contribution in [0.15, 0.2) is 28.7 Å². The van der Waals surface area contributed by atoms with Crippen LogP contribution in [0.3, 0.4) is 0 Å². The Morgan fingerprint density at radius 2 is 2.08 bits per heavy atom. The number of halogens is 3. The molecule has 1 aliphatic carbocycles. The smallest absolute Gasteiger partial charge is 0.416 e. The lowest BCUT2D eigenvalue weighted by Crippen LogP contribution is -2.04. The number of alkyl halides is 3. The van der Waals surface area contributed by atoms with Crippen molar-refractivity contribution in [2.75, 3.05) is 7.11 Å². The highest BCUT2D eigenvalue weighted by atomic mass is 32.1. The molecule has 130 valence electrons. The summed E-state index contributed by atoms with van der Waals surface area (Å²) in [5.41, 5.74) is -0.553. The van der Waals surface area contributed by atoms with Crippen molar-refractivity contribution in [3.05, 3.63) is 41.3 Å². The Labute approximate surface area is 144 Å². The van der Waals surface area contributed by atoms with Crippen molar-refractivity contribution in [3.63, 3.8) is 0 Å². The fraction of sp³-hybridized carbons (Fsp3) is 0.294. The topological polar surface area (TPSA) is 52.3 Å². The van der Waals surface area contributed by atoms with Gasteiger partial charge in [0, 0.05) is 10.6 Å². The van der Waals surface area contributed by atoms with E-state index >= 15 is 0 Å². The molecule has 4 rings (SSSR count). The molecule has 1 aliphatic rings. The van der Waals surface area contributed by atoms with Crippen LogP contribution < -0.4 is 0 Å². The van der Waals surface area contributed by atoms with E-state index in [-0.39, 0.29) is 17.5 Å². The monoisotopic (exact) mass is 367 g/mol. The van der Waals surface area contributed by atoms with Crippen molar-refractivity contribution < 1.29 is 27.1 Å². The molecule has 0 unspecified atom stereocenters. The molecule has 1 aromatic carbocycles. The lowest BCUT2D eigenvalue weighted by atomic mass is 10.1. The van der Waals surface area contributed by atoms with Gasteiger partial charge in [-0.05, 0) is 36.4 Å². The number of hydrogen-bond acceptors (Lipinski definition) is 5. The first-order valence-electron chi connectivity index (χ1n) is 7.57. The van der Waals surface area contributed by atoms with Crippen LogP contribution >= 0.6 is 11.3 Å². The maximum absolute atomic E-state index is 12.8. The molecule has 4 nitrogen and oxygen atoms in total. The van der Waals surface area contributed by atoms with Gasteiger partial charge in [-0.25, -0.2) is 9.78 Å². The molecule has 0 amide bonds. The maximum atomic E-state index is 12.8. The van der Waals surface area contributed by atoms with Crippen LogP contribution in [0.2, 0.25) is 0 Å². The second kappa shape index (κ2) is 5.59. The molecule has 1 saturated carbocycles. The molecule has 1 fully saturated rings. The molecule has 3 aromatic rings. The Balaban J connectivity index is 1.78. The van der Waals surface area contributed by atoms with Crippen molar-refractivity contribution in [1.82, 2.24) is 4.98 Å². The van der Waals surface area contributed by atoms with Gasteiger partial charge in [0.05, 0.1) is 17.6 Å². The first-order valence-corrected chi connectivity index (χ1v) is 8.38. The SMILES string of the molecule is COC(=O)c1nc(-c2cc3ccc(C(F)(F)F)cc3s2)oc1C1CC1. The molecular formula is C17H12F3NO3S. The third-order valence-electron chi connectivity index (χ3n) is 4.04. The van der Waals surface area contributed by atoms with Gasteiger partial charge < -0.3 is 9.15 Å². The fourth-order valence-corrected chi connectivity index (χ4v) is 3.64. The molecule has 0 aliphatic heterocycles. The number of esters is 1. The van der Waals surface area contributed by atoms with Gasteiger partial charge in [-0.1, -0.05) is 6.07 Å². The third kappa shape index (κ3) is 2.90. The molecule has 8 heteroatoms. The summed E-state index contributed by atoms with van der Waals surface area (Å²) in [5.74, 6) is 0.311. The minimum atomic E-state index is -4.39. The van der Waals surface area contributed by atoms with Crippen molar-refractivity contribution in [3.8, 4) is 10.8 Å². The number of fused-ring (bicyclic) bond motifs is 1. The average molecular weight is 367 g/mol. The predicted molar refractivity (Wildman–Crippen MR) is 85.6 cm³/mol. The number of thiophene rings is 1. The minimum Gasteiger partial charge on any atom is -0.464 e. The zero-order chi connectivity index (χ0) is 17.8. The number of carbonyl (C=O) groups excluding carboxylic acids is 1. The van der Waals surface area contributed by atoms with Crippen LogP contribution in [-0.4, -0.2) is 18.1 Å². The standard InChI is InChI=1S/C17H12F3NO3S/c1-23-16(22)13-14(8-2-3-8)24-15(21-13)12-6-9-4-5-10(17(18,19)20)7-11(9)25-12/h4-8H,2-3H2,1H3. The summed E-state index contributed by atoms with van der Waals surface area (Å²) in [6.45, 7) is 0. The summed E-state index contributed by atoms with van der Waals surface area (Å²) >= 11 is 1.15. The highest BCUT2D eigenvalue weighted by molar-refractivity contribution is 7.22. The molecule has 2 heterocycles. The third-order valence-corrected chi connectivity index (χ3v) is 5.12. The van der Waals surface area contributed by atoms with Gasteiger partial charge in [-0.15, -0.1) is 11.3 Å². The second-order valence-corrected chi connectivity index (χ2v) is 6.94. The summed E-state index contributed by atoms with van der Waals surface area (Å²) in [6, 6.07) is 5.28. The first kappa shape index (κ1) is 16.1. The van der Waals surface area contributed by atoms with E-state index in [0.29, 0.717) is 20.7 Å². The molecule has 2 aromatic heterocycles. The zero-order valence-corrected chi connectivity index (χ0v) is 13.8.